The molecule has 8 heteroatoms. The van der Waals surface area contributed by atoms with Crippen molar-refractivity contribution < 1.29 is 9.72 Å². The summed E-state index contributed by atoms with van der Waals surface area (Å²) in [7, 11) is 0. The van der Waals surface area contributed by atoms with Crippen LogP contribution in [0, 0.1) is 24.0 Å². The van der Waals surface area contributed by atoms with Gasteiger partial charge in [0.1, 0.15) is 5.69 Å². The lowest BCUT2D eigenvalue weighted by Gasteiger charge is -2.17. The third-order valence-corrected chi connectivity index (χ3v) is 6.01. The molecule has 2 aromatic carbocycles. The zero-order chi connectivity index (χ0) is 22.7. The van der Waals surface area contributed by atoms with Crippen LogP contribution in [0.4, 0.5) is 11.4 Å². The number of aromatic nitrogens is 2. The lowest BCUT2D eigenvalue weighted by molar-refractivity contribution is -0.384. The average Bonchev–Trinajstić information content (AvgIpc) is 3.41. The molecular weight excluding hydrogens is 406 g/mol. The van der Waals surface area contributed by atoms with Gasteiger partial charge >= 0.3 is 0 Å². The lowest BCUT2D eigenvalue weighted by atomic mass is 10.1. The van der Waals surface area contributed by atoms with Crippen LogP contribution >= 0.6 is 0 Å². The number of benzene rings is 2. The fourth-order valence-corrected chi connectivity index (χ4v) is 4.21. The fraction of sp³-hybridized carbons (Fsp3) is 0.333. The SMILES string of the molecule is Cc1nn(Cc2ccccc2)c(C)c1CNC(=O)c1ccc(N2CCCC2)c([N+](=O)[O-])c1. The van der Waals surface area contributed by atoms with E-state index in [4.69, 9.17) is 0 Å². The largest absolute Gasteiger partial charge is 0.366 e. The maximum absolute atomic E-state index is 12.8. The molecule has 4 rings (SSSR count). The molecule has 0 saturated carbocycles. The van der Waals surface area contributed by atoms with E-state index in [9.17, 15) is 14.9 Å². The van der Waals surface area contributed by atoms with Crippen molar-refractivity contribution in [2.24, 2.45) is 0 Å². The zero-order valence-corrected chi connectivity index (χ0v) is 18.4. The summed E-state index contributed by atoms with van der Waals surface area (Å²) in [6.07, 6.45) is 2.05. The van der Waals surface area contributed by atoms with Crippen LogP contribution in [0.2, 0.25) is 0 Å². The Morgan fingerprint density at radius 1 is 1.12 bits per heavy atom. The Kier molecular flexibility index (Phi) is 6.20. The number of amides is 1. The number of aryl methyl sites for hydroxylation is 1. The third kappa shape index (κ3) is 4.49. The molecule has 0 bridgehead atoms. The van der Waals surface area contributed by atoms with Gasteiger partial charge in [0.05, 0.1) is 17.2 Å². The van der Waals surface area contributed by atoms with Crippen molar-refractivity contribution in [2.45, 2.75) is 39.8 Å². The molecule has 0 spiro atoms. The minimum absolute atomic E-state index is 0.0254. The molecule has 0 unspecified atom stereocenters. The number of nitrogens with zero attached hydrogens (tertiary/aromatic N) is 4. The Bertz CT molecular complexity index is 1130. The standard InChI is InChI=1S/C24H27N5O3/c1-17-21(18(2)28(26-17)16-19-8-4-3-5-9-19)15-25-24(30)20-10-11-22(23(14-20)29(31)32)27-12-6-7-13-27/h3-5,8-11,14H,6-7,12-13,15-16H2,1-2H3,(H,25,30). The molecule has 1 amide bonds. The van der Waals surface area contributed by atoms with Crippen LogP contribution < -0.4 is 10.2 Å². The van der Waals surface area contributed by atoms with E-state index in [2.05, 4.69) is 22.5 Å². The fourth-order valence-electron chi connectivity index (χ4n) is 4.21. The van der Waals surface area contributed by atoms with E-state index in [0.29, 0.717) is 18.8 Å². The quantitative estimate of drug-likeness (QED) is 0.449. The van der Waals surface area contributed by atoms with Crippen molar-refractivity contribution in [2.75, 3.05) is 18.0 Å². The van der Waals surface area contributed by atoms with Crippen molar-refractivity contribution in [3.05, 3.63) is 86.7 Å². The predicted octanol–water partition coefficient (Wildman–Crippen LogP) is 3.99. The number of hydrogen-bond donors (Lipinski definition) is 1. The lowest BCUT2D eigenvalue weighted by Crippen LogP contribution is -2.24. The minimum atomic E-state index is -0.410. The van der Waals surface area contributed by atoms with Crippen LogP contribution in [0.3, 0.4) is 0 Å². The van der Waals surface area contributed by atoms with Gasteiger partial charge in [0.25, 0.3) is 11.6 Å². The minimum Gasteiger partial charge on any atom is -0.366 e. The summed E-state index contributed by atoms with van der Waals surface area (Å²) in [5.74, 6) is -0.337. The summed E-state index contributed by atoms with van der Waals surface area (Å²) in [4.78, 5) is 26.0. The second kappa shape index (κ2) is 9.21. The highest BCUT2D eigenvalue weighted by Crippen LogP contribution is 2.31. The van der Waals surface area contributed by atoms with Gasteiger partial charge in [-0.15, -0.1) is 0 Å². The first-order valence-corrected chi connectivity index (χ1v) is 10.8. The van der Waals surface area contributed by atoms with Gasteiger partial charge < -0.3 is 10.2 Å². The van der Waals surface area contributed by atoms with Crippen LogP contribution in [-0.2, 0) is 13.1 Å². The molecule has 0 aliphatic carbocycles. The van der Waals surface area contributed by atoms with E-state index in [-0.39, 0.29) is 17.2 Å². The van der Waals surface area contributed by atoms with Crippen molar-refractivity contribution in [3.8, 4) is 0 Å². The summed E-state index contributed by atoms with van der Waals surface area (Å²) in [6.45, 7) is 6.49. The van der Waals surface area contributed by atoms with E-state index in [1.165, 1.54) is 6.07 Å². The van der Waals surface area contributed by atoms with Crippen molar-refractivity contribution >= 4 is 17.3 Å². The van der Waals surface area contributed by atoms with Crippen LogP contribution in [0.5, 0.6) is 0 Å². The molecular formula is C24H27N5O3. The van der Waals surface area contributed by atoms with Crippen LogP contribution in [0.25, 0.3) is 0 Å². The van der Waals surface area contributed by atoms with E-state index < -0.39 is 4.92 Å². The zero-order valence-electron chi connectivity index (χ0n) is 18.4. The smallest absolute Gasteiger partial charge is 0.293 e. The molecule has 1 fully saturated rings. The first kappa shape index (κ1) is 21.5. The Morgan fingerprint density at radius 3 is 2.53 bits per heavy atom. The highest BCUT2D eigenvalue weighted by atomic mass is 16.6. The number of nitrogens with one attached hydrogen (secondary N) is 1. The molecule has 1 aromatic heterocycles. The summed E-state index contributed by atoms with van der Waals surface area (Å²) < 4.78 is 1.93. The average molecular weight is 434 g/mol. The Labute approximate surface area is 187 Å². The second-order valence-corrected chi connectivity index (χ2v) is 8.13. The number of carbonyl (C=O) groups excluding carboxylic acids is 1. The molecule has 8 nitrogen and oxygen atoms in total. The van der Waals surface area contributed by atoms with E-state index in [1.807, 2.05) is 41.6 Å². The van der Waals surface area contributed by atoms with Crippen LogP contribution in [0.15, 0.2) is 48.5 Å². The first-order valence-electron chi connectivity index (χ1n) is 10.8. The van der Waals surface area contributed by atoms with Crippen molar-refractivity contribution in [3.63, 3.8) is 0 Å². The van der Waals surface area contributed by atoms with E-state index >= 15 is 0 Å². The van der Waals surface area contributed by atoms with E-state index in [1.54, 1.807) is 12.1 Å². The molecule has 1 saturated heterocycles. The molecule has 0 radical (unpaired) electrons. The molecule has 1 N–H and O–H groups in total. The summed E-state index contributed by atoms with van der Waals surface area (Å²) in [5, 5.41) is 19.1. The van der Waals surface area contributed by atoms with Crippen molar-refractivity contribution in [1.82, 2.24) is 15.1 Å². The summed E-state index contributed by atoms with van der Waals surface area (Å²) >= 11 is 0. The molecule has 0 atom stereocenters. The summed E-state index contributed by atoms with van der Waals surface area (Å²) in [6, 6.07) is 14.8. The number of nitro benzene ring substituents is 1. The maximum Gasteiger partial charge on any atom is 0.293 e. The van der Waals surface area contributed by atoms with E-state index in [0.717, 1.165) is 48.4 Å². The highest BCUT2D eigenvalue weighted by Gasteiger charge is 2.24. The Morgan fingerprint density at radius 2 is 1.84 bits per heavy atom. The Hall–Kier alpha value is -3.68. The van der Waals surface area contributed by atoms with Gasteiger partial charge in [-0.2, -0.15) is 5.10 Å². The second-order valence-electron chi connectivity index (χ2n) is 8.13. The van der Waals surface area contributed by atoms with Gasteiger partial charge in [-0.1, -0.05) is 30.3 Å². The number of hydrogen-bond acceptors (Lipinski definition) is 5. The first-order chi connectivity index (χ1) is 15.4. The molecule has 1 aliphatic rings. The molecule has 166 valence electrons. The van der Waals surface area contributed by atoms with Crippen LogP contribution in [-0.4, -0.2) is 33.7 Å². The number of nitro groups is 1. The highest BCUT2D eigenvalue weighted by molar-refractivity contribution is 5.95. The molecule has 1 aliphatic heterocycles. The normalized spacial score (nSPS) is 13.4. The van der Waals surface area contributed by atoms with Gasteiger partial charge in [0.15, 0.2) is 0 Å². The van der Waals surface area contributed by atoms with Gasteiger partial charge in [-0.3, -0.25) is 19.6 Å². The Balaban J connectivity index is 1.48. The van der Waals surface area contributed by atoms with Gasteiger partial charge in [-0.05, 0) is 44.4 Å². The third-order valence-electron chi connectivity index (χ3n) is 6.01. The van der Waals surface area contributed by atoms with Crippen LogP contribution in [0.1, 0.15) is 45.7 Å². The molecule has 2 heterocycles. The van der Waals surface area contributed by atoms with Gasteiger partial charge in [0, 0.05) is 42.5 Å². The number of carbonyl (C=O) groups is 1. The molecule has 32 heavy (non-hydrogen) atoms. The number of anilines is 1. The topological polar surface area (TPSA) is 93.3 Å². The van der Waals surface area contributed by atoms with Gasteiger partial charge in [-0.25, -0.2) is 0 Å². The number of rotatable bonds is 7. The maximum atomic E-state index is 12.8. The summed E-state index contributed by atoms with van der Waals surface area (Å²) in [5.41, 5.74) is 4.79. The monoisotopic (exact) mass is 433 g/mol. The van der Waals surface area contributed by atoms with Gasteiger partial charge in [0.2, 0.25) is 0 Å². The van der Waals surface area contributed by atoms with Crippen molar-refractivity contribution in [1.29, 1.82) is 0 Å². The predicted molar refractivity (Wildman–Crippen MR) is 123 cm³/mol. The molecule has 3 aromatic rings.